The van der Waals surface area contributed by atoms with Gasteiger partial charge in [-0.05, 0) is 17.7 Å². The second-order valence-corrected chi connectivity index (χ2v) is 5.34. The summed E-state index contributed by atoms with van der Waals surface area (Å²) in [6, 6.07) is 7.65. The first-order valence-electron chi connectivity index (χ1n) is 7.04. The summed E-state index contributed by atoms with van der Waals surface area (Å²) in [5.74, 6) is 0. The average molecular weight is 300 g/mol. The van der Waals surface area contributed by atoms with Crippen molar-refractivity contribution >= 4 is 11.8 Å². The van der Waals surface area contributed by atoms with E-state index in [4.69, 9.17) is 0 Å². The molecule has 1 aromatic carbocycles. The Balaban J connectivity index is 1.99. The van der Waals surface area contributed by atoms with Gasteiger partial charge in [-0.15, -0.1) is 0 Å². The number of aliphatic hydroxyl groups excluding tert-OH is 2. The first-order chi connectivity index (χ1) is 10.6. The maximum absolute atomic E-state index is 10.7. The predicted octanol–water partition coefficient (Wildman–Crippen LogP) is -0.261. The molecule has 0 fully saturated rings. The van der Waals surface area contributed by atoms with Crippen molar-refractivity contribution in [3.63, 3.8) is 0 Å². The molecular weight excluding hydrogens is 284 g/mol. The fraction of sp³-hybridized carbons (Fsp3) is 0.250. The molecule has 6 nitrogen and oxygen atoms in total. The highest BCUT2D eigenvalue weighted by molar-refractivity contribution is 5.56. The van der Waals surface area contributed by atoms with E-state index in [0.29, 0.717) is 17.8 Å². The molecule has 2 atom stereocenters. The van der Waals surface area contributed by atoms with Crippen LogP contribution in [0.3, 0.4) is 0 Å². The highest BCUT2D eigenvalue weighted by atomic mass is 16.6. The number of hydrogen-bond acceptors (Lipinski definition) is 5. The van der Waals surface area contributed by atoms with Gasteiger partial charge in [-0.3, -0.25) is 10.1 Å². The van der Waals surface area contributed by atoms with E-state index in [1.54, 1.807) is 0 Å². The second kappa shape index (κ2) is 5.75. The minimum atomic E-state index is -0.983. The van der Waals surface area contributed by atoms with Crippen LogP contribution >= 0.6 is 0 Å². The van der Waals surface area contributed by atoms with Crippen molar-refractivity contribution in [1.29, 1.82) is 0 Å². The SMILES string of the molecule is O=[N+]([O-])C1=CC=C(NC2=c3ccccc3=CCC2O)C(O)C1. The van der Waals surface area contributed by atoms with Crippen molar-refractivity contribution in [2.24, 2.45) is 0 Å². The van der Waals surface area contributed by atoms with Gasteiger partial charge in [0, 0.05) is 17.0 Å². The highest BCUT2D eigenvalue weighted by Crippen LogP contribution is 2.20. The Morgan fingerprint density at radius 1 is 1.18 bits per heavy atom. The van der Waals surface area contributed by atoms with Crippen LogP contribution in [0.1, 0.15) is 12.8 Å². The molecule has 0 aliphatic heterocycles. The molecule has 6 heteroatoms. The van der Waals surface area contributed by atoms with Crippen molar-refractivity contribution in [2.45, 2.75) is 25.0 Å². The largest absolute Gasteiger partial charge is 0.387 e. The second-order valence-electron chi connectivity index (χ2n) is 5.34. The van der Waals surface area contributed by atoms with E-state index in [2.05, 4.69) is 5.32 Å². The number of nitro groups is 1. The van der Waals surface area contributed by atoms with Crippen molar-refractivity contribution in [2.75, 3.05) is 0 Å². The number of rotatable bonds is 3. The number of hydrogen-bond donors (Lipinski definition) is 3. The van der Waals surface area contributed by atoms with Gasteiger partial charge >= 0.3 is 0 Å². The molecule has 114 valence electrons. The smallest absolute Gasteiger partial charge is 0.249 e. The lowest BCUT2D eigenvalue weighted by atomic mass is 10.00. The summed E-state index contributed by atoms with van der Waals surface area (Å²) in [7, 11) is 0. The van der Waals surface area contributed by atoms with Gasteiger partial charge in [0.15, 0.2) is 0 Å². The summed E-state index contributed by atoms with van der Waals surface area (Å²) in [6.07, 6.45) is 3.59. The molecule has 2 aliphatic rings. The van der Waals surface area contributed by atoms with Gasteiger partial charge in [0.05, 0.1) is 23.1 Å². The van der Waals surface area contributed by atoms with Gasteiger partial charge in [-0.25, -0.2) is 0 Å². The molecule has 2 aliphatic carbocycles. The number of aliphatic hydroxyl groups is 2. The summed E-state index contributed by atoms with van der Waals surface area (Å²) in [6.45, 7) is 0. The zero-order valence-corrected chi connectivity index (χ0v) is 11.8. The molecule has 1 aromatic rings. The lowest BCUT2D eigenvalue weighted by molar-refractivity contribution is -0.429. The van der Waals surface area contributed by atoms with E-state index in [1.807, 2.05) is 30.3 Å². The molecule has 0 bridgehead atoms. The Hall–Kier alpha value is -2.44. The van der Waals surface area contributed by atoms with Gasteiger partial charge in [0.25, 0.3) is 0 Å². The molecule has 3 rings (SSSR count). The third kappa shape index (κ3) is 2.66. The first kappa shape index (κ1) is 14.5. The van der Waals surface area contributed by atoms with Crippen molar-refractivity contribution < 1.29 is 15.1 Å². The molecule has 0 spiro atoms. The first-order valence-corrected chi connectivity index (χ1v) is 7.04. The minimum absolute atomic E-state index is 0.0269. The molecule has 0 amide bonds. The van der Waals surface area contributed by atoms with Crippen molar-refractivity contribution in [3.8, 4) is 0 Å². The summed E-state index contributed by atoms with van der Waals surface area (Å²) < 4.78 is 0. The van der Waals surface area contributed by atoms with Crippen LogP contribution in [0.25, 0.3) is 11.8 Å². The van der Waals surface area contributed by atoms with E-state index >= 15 is 0 Å². The van der Waals surface area contributed by atoms with Gasteiger partial charge in [0.2, 0.25) is 5.70 Å². The summed E-state index contributed by atoms with van der Waals surface area (Å²) >= 11 is 0. The van der Waals surface area contributed by atoms with E-state index in [0.717, 1.165) is 10.4 Å². The van der Waals surface area contributed by atoms with Crippen LogP contribution in [-0.4, -0.2) is 27.3 Å². The molecule has 0 saturated carbocycles. The molecule has 22 heavy (non-hydrogen) atoms. The molecule has 3 N–H and O–H groups in total. The Kier molecular flexibility index (Phi) is 3.79. The third-order valence-electron chi connectivity index (χ3n) is 3.88. The van der Waals surface area contributed by atoms with Crippen LogP contribution in [0, 0.1) is 10.1 Å². The fourth-order valence-corrected chi connectivity index (χ4v) is 2.70. The zero-order chi connectivity index (χ0) is 15.7. The fourth-order valence-electron chi connectivity index (χ4n) is 2.70. The quantitative estimate of drug-likeness (QED) is 0.528. The number of fused-ring (bicyclic) bond motifs is 1. The lowest BCUT2D eigenvalue weighted by Crippen LogP contribution is -2.41. The third-order valence-corrected chi connectivity index (χ3v) is 3.88. The van der Waals surface area contributed by atoms with E-state index < -0.39 is 17.1 Å². The number of allylic oxidation sites excluding steroid dienone is 2. The molecule has 2 unspecified atom stereocenters. The van der Waals surface area contributed by atoms with Crippen LogP contribution in [0.2, 0.25) is 0 Å². The average Bonchev–Trinajstić information content (AvgIpc) is 2.51. The molecular formula is C16H16N2O4. The molecule has 0 saturated heterocycles. The topological polar surface area (TPSA) is 95.6 Å². The molecule has 0 aromatic heterocycles. The maximum atomic E-state index is 10.7. The van der Waals surface area contributed by atoms with Crippen LogP contribution in [0.15, 0.2) is 47.8 Å². The Bertz CT molecular complexity index is 795. The van der Waals surface area contributed by atoms with Gasteiger partial charge in [-0.1, -0.05) is 30.3 Å². The van der Waals surface area contributed by atoms with E-state index in [9.17, 15) is 20.3 Å². The number of benzene rings is 1. The molecule has 0 heterocycles. The predicted molar refractivity (Wildman–Crippen MR) is 81.1 cm³/mol. The number of nitrogens with zero attached hydrogens (tertiary/aromatic N) is 1. The Morgan fingerprint density at radius 3 is 2.68 bits per heavy atom. The number of nitrogens with one attached hydrogen (secondary N) is 1. The summed E-state index contributed by atoms with van der Waals surface area (Å²) in [5.41, 5.74) is 1.04. The summed E-state index contributed by atoms with van der Waals surface area (Å²) in [4.78, 5) is 10.2. The maximum Gasteiger partial charge on any atom is 0.249 e. The normalized spacial score (nSPS) is 23.8. The van der Waals surface area contributed by atoms with E-state index in [-0.39, 0.29) is 12.1 Å². The van der Waals surface area contributed by atoms with Crippen LogP contribution in [0.4, 0.5) is 0 Å². The summed E-state index contributed by atoms with van der Waals surface area (Å²) in [5, 5.41) is 36.0. The lowest BCUT2D eigenvalue weighted by Gasteiger charge is -2.24. The van der Waals surface area contributed by atoms with Crippen LogP contribution in [0.5, 0.6) is 0 Å². The van der Waals surface area contributed by atoms with Crippen LogP contribution < -0.4 is 15.8 Å². The monoisotopic (exact) mass is 300 g/mol. The van der Waals surface area contributed by atoms with E-state index in [1.165, 1.54) is 12.2 Å². The minimum Gasteiger partial charge on any atom is -0.387 e. The molecule has 0 radical (unpaired) electrons. The highest BCUT2D eigenvalue weighted by Gasteiger charge is 2.25. The van der Waals surface area contributed by atoms with Gasteiger partial charge < -0.3 is 15.5 Å². The Labute approximate surface area is 126 Å². The van der Waals surface area contributed by atoms with Gasteiger partial charge in [-0.2, -0.15) is 0 Å². The standard InChI is InChI=1S/C16H16N2O4/c19-14-8-5-10-3-1-2-4-12(10)16(14)17-13-7-6-11(18(21)22)9-15(13)20/h1-7,14-15,17,19-20H,8-9H2. The van der Waals surface area contributed by atoms with Crippen molar-refractivity contribution in [1.82, 2.24) is 5.32 Å². The van der Waals surface area contributed by atoms with Crippen LogP contribution in [-0.2, 0) is 0 Å². The zero-order valence-electron chi connectivity index (χ0n) is 11.8. The Morgan fingerprint density at radius 2 is 1.95 bits per heavy atom. The van der Waals surface area contributed by atoms with Gasteiger partial charge in [0.1, 0.15) is 6.10 Å². The van der Waals surface area contributed by atoms with Crippen molar-refractivity contribution in [3.05, 3.63) is 68.4 Å².